The molecule has 2 atom stereocenters. The van der Waals surface area contributed by atoms with Crippen LogP contribution in [0.4, 0.5) is 22.7 Å². The van der Waals surface area contributed by atoms with Crippen LogP contribution in [0, 0.1) is 20.2 Å². The fraction of sp³-hybridized carbons (Fsp3) is 0.300. The molecule has 168 valence electrons. The summed E-state index contributed by atoms with van der Waals surface area (Å²) in [6.07, 6.45) is 3.91. The van der Waals surface area contributed by atoms with Gasteiger partial charge in [-0.15, -0.1) is 0 Å². The molecule has 0 aliphatic heterocycles. The summed E-state index contributed by atoms with van der Waals surface area (Å²) in [7, 11) is 0. The first kappa shape index (κ1) is 23.3. The molecule has 0 unspecified atom stereocenters. The Hall–Kier alpha value is -3.38. The second-order valence-electron chi connectivity index (χ2n) is 7.30. The zero-order chi connectivity index (χ0) is 23.1. The molecule has 0 amide bonds. The molecule has 12 heteroatoms. The van der Waals surface area contributed by atoms with Crippen molar-refractivity contribution in [3.05, 3.63) is 68.8 Å². The van der Waals surface area contributed by atoms with Crippen LogP contribution >= 0.6 is 24.4 Å². The Kier molecular flexibility index (Phi) is 7.84. The number of non-ortho nitro benzene ring substituents is 2. The molecule has 0 heterocycles. The van der Waals surface area contributed by atoms with Crippen molar-refractivity contribution in [2.75, 3.05) is 10.6 Å². The van der Waals surface area contributed by atoms with E-state index < -0.39 is 9.85 Å². The van der Waals surface area contributed by atoms with Gasteiger partial charge in [0.2, 0.25) is 0 Å². The van der Waals surface area contributed by atoms with Crippen molar-refractivity contribution >= 4 is 57.4 Å². The van der Waals surface area contributed by atoms with Crippen molar-refractivity contribution in [2.24, 2.45) is 0 Å². The fourth-order valence-electron chi connectivity index (χ4n) is 3.48. The van der Waals surface area contributed by atoms with E-state index in [2.05, 4.69) is 21.3 Å². The van der Waals surface area contributed by atoms with Gasteiger partial charge in [-0.1, -0.05) is 12.8 Å². The Labute approximate surface area is 195 Å². The summed E-state index contributed by atoms with van der Waals surface area (Å²) in [4.78, 5) is 20.6. The molecule has 2 aromatic carbocycles. The number of hydrogen-bond donors (Lipinski definition) is 4. The maximum absolute atomic E-state index is 10.8. The number of benzene rings is 2. The first-order valence-electron chi connectivity index (χ1n) is 9.96. The van der Waals surface area contributed by atoms with E-state index >= 15 is 0 Å². The van der Waals surface area contributed by atoms with Crippen molar-refractivity contribution in [1.29, 1.82) is 0 Å². The van der Waals surface area contributed by atoms with E-state index in [1.165, 1.54) is 24.3 Å². The summed E-state index contributed by atoms with van der Waals surface area (Å²) in [6.45, 7) is 0. The van der Waals surface area contributed by atoms with Crippen LogP contribution in [0.15, 0.2) is 48.5 Å². The Morgan fingerprint density at radius 1 is 0.719 bits per heavy atom. The van der Waals surface area contributed by atoms with Gasteiger partial charge in [-0.2, -0.15) is 0 Å². The van der Waals surface area contributed by atoms with Crippen molar-refractivity contribution in [3.8, 4) is 0 Å². The van der Waals surface area contributed by atoms with Gasteiger partial charge in [0.25, 0.3) is 11.4 Å². The monoisotopic (exact) mass is 474 g/mol. The Balaban J connectivity index is 1.54. The van der Waals surface area contributed by atoms with Gasteiger partial charge in [0.05, 0.1) is 9.85 Å². The summed E-state index contributed by atoms with van der Waals surface area (Å²) in [5.74, 6) is 0. The highest BCUT2D eigenvalue weighted by atomic mass is 32.1. The first-order chi connectivity index (χ1) is 15.3. The number of nitrogens with one attached hydrogen (secondary N) is 4. The van der Waals surface area contributed by atoms with E-state index in [9.17, 15) is 20.2 Å². The minimum absolute atomic E-state index is 0.0139. The number of nitro benzene ring substituents is 2. The molecule has 4 N–H and O–H groups in total. The predicted molar refractivity (Wildman–Crippen MR) is 131 cm³/mol. The molecule has 0 spiro atoms. The summed E-state index contributed by atoms with van der Waals surface area (Å²) in [5, 5.41) is 35.1. The standard InChI is InChI=1S/C20H22N6O4S2/c27-25(28)15-9-5-13(6-10-15)21-19(31)23-17-3-1-2-4-18(17)24-20(32)22-14-7-11-16(12-8-14)26(29)30/h5-12,17-18H,1-4H2,(H2,21,23,31)(H2,22,24,32)/t17-,18-/m0/s1. The van der Waals surface area contributed by atoms with Crippen LogP contribution in [0.3, 0.4) is 0 Å². The van der Waals surface area contributed by atoms with Crippen LogP contribution in [-0.2, 0) is 0 Å². The molecule has 1 aliphatic rings. The fourth-order valence-corrected chi connectivity index (χ4v) is 4.02. The van der Waals surface area contributed by atoms with Crippen molar-refractivity contribution < 1.29 is 9.85 Å². The minimum Gasteiger partial charge on any atom is -0.358 e. The maximum Gasteiger partial charge on any atom is 0.269 e. The van der Waals surface area contributed by atoms with Gasteiger partial charge in [0, 0.05) is 47.7 Å². The molecule has 0 aromatic heterocycles. The van der Waals surface area contributed by atoms with E-state index in [4.69, 9.17) is 24.4 Å². The molecule has 3 rings (SSSR count). The molecule has 0 saturated heterocycles. The van der Waals surface area contributed by atoms with Crippen LogP contribution in [0.25, 0.3) is 0 Å². The Morgan fingerprint density at radius 2 is 1.06 bits per heavy atom. The number of nitro groups is 2. The van der Waals surface area contributed by atoms with E-state index in [0.717, 1.165) is 25.7 Å². The number of rotatable bonds is 6. The molecular weight excluding hydrogens is 452 g/mol. The zero-order valence-corrected chi connectivity index (χ0v) is 18.6. The molecule has 0 bridgehead atoms. The van der Waals surface area contributed by atoms with Gasteiger partial charge in [0.15, 0.2) is 10.2 Å². The van der Waals surface area contributed by atoms with E-state index in [-0.39, 0.29) is 23.5 Å². The third-order valence-corrected chi connectivity index (χ3v) is 5.51. The van der Waals surface area contributed by atoms with Gasteiger partial charge in [0.1, 0.15) is 0 Å². The minimum atomic E-state index is -0.452. The Morgan fingerprint density at radius 3 is 1.38 bits per heavy atom. The summed E-state index contributed by atoms with van der Waals surface area (Å²) < 4.78 is 0. The lowest BCUT2D eigenvalue weighted by Gasteiger charge is -2.34. The van der Waals surface area contributed by atoms with Crippen LogP contribution < -0.4 is 21.3 Å². The third kappa shape index (κ3) is 6.56. The van der Waals surface area contributed by atoms with Crippen LogP contribution in [-0.4, -0.2) is 32.2 Å². The zero-order valence-electron chi connectivity index (χ0n) is 16.9. The normalized spacial score (nSPS) is 17.6. The third-order valence-electron chi connectivity index (χ3n) is 5.07. The van der Waals surface area contributed by atoms with Crippen LogP contribution in [0.5, 0.6) is 0 Å². The molecule has 1 aliphatic carbocycles. The van der Waals surface area contributed by atoms with Crippen molar-refractivity contribution in [1.82, 2.24) is 10.6 Å². The first-order valence-corrected chi connectivity index (χ1v) is 10.8. The highest BCUT2D eigenvalue weighted by molar-refractivity contribution is 7.80. The molecule has 2 aromatic rings. The van der Waals surface area contributed by atoms with E-state index in [1.54, 1.807) is 24.3 Å². The topological polar surface area (TPSA) is 134 Å². The molecule has 32 heavy (non-hydrogen) atoms. The second-order valence-corrected chi connectivity index (χ2v) is 8.12. The average Bonchev–Trinajstić information content (AvgIpc) is 2.76. The van der Waals surface area contributed by atoms with Gasteiger partial charge in [-0.25, -0.2) is 0 Å². The number of hydrogen-bond acceptors (Lipinski definition) is 6. The van der Waals surface area contributed by atoms with Gasteiger partial charge < -0.3 is 21.3 Å². The largest absolute Gasteiger partial charge is 0.358 e. The maximum atomic E-state index is 10.8. The molecule has 1 saturated carbocycles. The smallest absolute Gasteiger partial charge is 0.269 e. The average molecular weight is 475 g/mol. The predicted octanol–water partition coefficient (Wildman–Crippen LogP) is 4.09. The highest BCUT2D eigenvalue weighted by Crippen LogP contribution is 2.21. The van der Waals surface area contributed by atoms with Crippen molar-refractivity contribution in [3.63, 3.8) is 0 Å². The molecule has 1 fully saturated rings. The van der Waals surface area contributed by atoms with E-state index in [0.29, 0.717) is 21.6 Å². The number of nitrogens with zero attached hydrogens (tertiary/aromatic N) is 2. The van der Waals surface area contributed by atoms with Crippen LogP contribution in [0.1, 0.15) is 25.7 Å². The Bertz CT molecular complexity index is 919. The lowest BCUT2D eigenvalue weighted by molar-refractivity contribution is -0.385. The van der Waals surface area contributed by atoms with Crippen molar-refractivity contribution in [2.45, 2.75) is 37.8 Å². The van der Waals surface area contributed by atoms with Crippen LogP contribution in [0.2, 0.25) is 0 Å². The number of anilines is 2. The molecule has 0 radical (unpaired) electrons. The lowest BCUT2D eigenvalue weighted by atomic mass is 9.90. The molecule has 10 nitrogen and oxygen atoms in total. The molecular formula is C20H22N6O4S2. The summed E-state index contributed by atoms with van der Waals surface area (Å²) in [6, 6.07) is 12.2. The quantitative estimate of drug-likeness (QED) is 0.275. The van der Waals surface area contributed by atoms with Gasteiger partial charge in [-0.05, 0) is 61.5 Å². The summed E-state index contributed by atoms with van der Waals surface area (Å²) >= 11 is 10.8. The highest BCUT2D eigenvalue weighted by Gasteiger charge is 2.26. The SMILES string of the molecule is O=[N+]([O-])c1ccc(NC(=S)N[C@H]2CCCC[C@@H]2NC(=S)Nc2ccc([N+](=O)[O-])cc2)cc1. The second kappa shape index (κ2) is 10.8. The lowest BCUT2D eigenvalue weighted by Crippen LogP contribution is -2.54. The summed E-state index contributed by atoms with van der Waals surface area (Å²) in [5.41, 5.74) is 1.34. The van der Waals surface area contributed by atoms with Gasteiger partial charge in [-0.3, -0.25) is 20.2 Å². The number of thiocarbonyl (C=S) groups is 2. The van der Waals surface area contributed by atoms with Gasteiger partial charge >= 0.3 is 0 Å². The van der Waals surface area contributed by atoms with E-state index in [1.807, 2.05) is 0 Å².